The molecule has 0 saturated carbocycles. The van der Waals surface area contributed by atoms with Crippen LogP contribution in [0, 0.1) is 10.8 Å². The summed E-state index contributed by atoms with van der Waals surface area (Å²) >= 11 is 2.07. The SMILES string of the molecule is CC(C)(C)CC1(CN)CCSC1. The Hall–Kier alpha value is 0.310. The van der Waals surface area contributed by atoms with Crippen LogP contribution in [-0.4, -0.2) is 18.1 Å². The van der Waals surface area contributed by atoms with Crippen LogP contribution in [0.2, 0.25) is 0 Å². The van der Waals surface area contributed by atoms with Gasteiger partial charge < -0.3 is 5.73 Å². The molecule has 1 saturated heterocycles. The van der Waals surface area contributed by atoms with E-state index < -0.39 is 0 Å². The number of hydrogen-bond acceptors (Lipinski definition) is 2. The van der Waals surface area contributed by atoms with Gasteiger partial charge in [-0.25, -0.2) is 0 Å². The highest BCUT2D eigenvalue weighted by molar-refractivity contribution is 7.99. The lowest BCUT2D eigenvalue weighted by molar-refractivity contribution is 0.206. The van der Waals surface area contributed by atoms with Crippen molar-refractivity contribution in [2.75, 3.05) is 18.1 Å². The van der Waals surface area contributed by atoms with Gasteiger partial charge in [0.1, 0.15) is 0 Å². The highest BCUT2D eigenvalue weighted by Crippen LogP contribution is 2.43. The minimum Gasteiger partial charge on any atom is -0.330 e. The van der Waals surface area contributed by atoms with E-state index in [0.717, 1.165) is 6.54 Å². The van der Waals surface area contributed by atoms with E-state index >= 15 is 0 Å². The molecule has 0 aromatic carbocycles. The van der Waals surface area contributed by atoms with Gasteiger partial charge in [-0.15, -0.1) is 0 Å². The molecule has 2 N–H and O–H groups in total. The van der Waals surface area contributed by atoms with E-state index in [-0.39, 0.29) is 0 Å². The third-order valence-electron chi connectivity index (χ3n) is 2.52. The summed E-state index contributed by atoms with van der Waals surface area (Å²) in [5.41, 5.74) is 6.76. The van der Waals surface area contributed by atoms with Gasteiger partial charge in [-0.2, -0.15) is 11.8 Å². The largest absolute Gasteiger partial charge is 0.330 e. The molecule has 1 nitrogen and oxygen atoms in total. The van der Waals surface area contributed by atoms with Crippen molar-refractivity contribution in [1.29, 1.82) is 0 Å². The maximum Gasteiger partial charge on any atom is 0.000177 e. The Balaban J connectivity index is 2.55. The zero-order valence-electron chi connectivity index (χ0n) is 8.52. The van der Waals surface area contributed by atoms with Crippen LogP contribution >= 0.6 is 11.8 Å². The molecule has 12 heavy (non-hydrogen) atoms. The molecule has 0 aromatic rings. The fourth-order valence-electron chi connectivity index (χ4n) is 2.15. The predicted octanol–water partition coefficient (Wildman–Crippen LogP) is 2.50. The van der Waals surface area contributed by atoms with E-state index in [1.807, 2.05) is 0 Å². The average molecular weight is 187 g/mol. The summed E-state index contributed by atoms with van der Waals surface area (Å²) < 4.78 is 0. The Labute approximate surface area is 80.5 Å². The monoisotopic (exact) mass is 187 g/mol. The smallest absolute Gasteiger partial charge is 0.000177 e. The summed E-state index contributed by atoms with van der Waals surface area (Å²) in [4.78, 5) is 0. The van der Waals surface area contributed by atoms with Crippen molar-refractivity contribution in [2.45, 2.75) is 33.6 Å². The third-order valence-corrected chi connectivity index (χ3v) is 3.83. The van der Waals surface area contributed by atoms with Gasteiger partial charge in [-0.1, -0.05) is 20.8 Å². The van der Waals surface area contributed by atoms with Gasteiger partial charge >= 0.3 is 0 Å². The van der Waals surface area contributed by atoms with Crippen LogP contribution in [0.4, 0.5) is 0 Å². The van der Waals surface area contributed by atoms with E-state index in [1.54, 1.807) is 0 Å². The Morgan fingerprint density at radius 1 is 1.42 bits per heavy atom. The van der Waals surface area contributed by atoms with Crippen molar-refractivity contribution in [3.8, 4) is 0 Å². The first-order valence-electron chi connectivity index (χ1n) is 4.75. The maximum absolute atomic E-state index is 5.86. The molecule has 0 aliphatic carbocycles. The van der Waals surface area contributed by atoms with Crippen molar-refractivity contribution in [3.63, 3.8) is 0 Å². The summed E-state index contributed by atoms with van der Waals surface area (Å²) in [6.07, 6.45) is 2.61. The Bertz CT molecular complexity index is 142. The van der Waals surface area contributed by atoms with Crippen molar-refractivity contribution < 1.29 is 0 Å². The first-order valence-corrected chi connectivity index (χ1v) is 5.91. The highest BCUT2D eigenvalue weighted by atomic mass is 32.2. The van der Waals surface area contributed by atoms with Crippen molar-refractivity contribution in [1.82, 2.24) is 0 Å². The molecule has 1 rings (SSSR count). The van der Waals surface area contributed by atoms with E-state index in [4.69, 9.17) is 5.73 Å². The fraction of sp³-hybridized carbons (Fsp3) is 1.00. The summed E-state index contributed by atoms with van der Waals surface area (Å²) in [6, 6.07) is 0. The van der Waals surface area contributed by atoms with E-state index in [0.29, 0.717) is 10.8 Å². The highest BCUT2D eigenvalue weighted by Gasteiger charge is 2.36. The molecule has 0 aromatic heterocycles. The fourth-order valence-corrected chi connectivity index (χ4v) is 3.67. The predicted molar refractivity (Wildman–Crippen MR) is 57.5 cm³/mol. The molecule has 2 heteroatoms. The van der Waals surface area contributed by atoms with Gasteiger partial charge in [-0.3, -0.25) is 0 Å². The molecule has 1 aliphatic heterocycles. The number of thioether (sulfide) groups is 1. The summed E-state index contributed by atoms with van der Waals surface area (Å²) in [5.74, 6) is 2.59. The Morgan fingerprint density at radius 2 is 2.08 bits per heavy atom. The minimum absolute atomic E-state index is 0.435. The Kier molecular flexibility index (Phi) is 3.11. The topological polar surface area (TPSA) is 26.0 Å². The first-order chi connectivity index (χ1) is 5.47. The minimum atomic E-state index is 0.435. The molecule has 1 unspecified atom stereocenters. The number of rotatable bonds is 2. The van der Waals surface area contributed by atoms with Crippen LogP contribution in [-0.2, 0) is 0 Å². The molecule has 0 radical (unpaired) electrons. The van der Waals surface area contributed by atoms with E-state index in [1.165, 1.54) is 24.3 Å². The lowest BCUT2D eigenvalue weighted by Gasteiger charge is -2.33. The molecule has 1 heterocycles. The van der Waals surface area contributed by atoms with Crippen LogP contribution in [0.3, 0.4) is 0 Å². The third kappa shape index (κ3) is 2.67. The molecule has 0 amide bonds. The van der Waals surface area contributed by atoms with Gasteiger partial charge in [0.25, 0.3) is 0 Å². The van der Waals surface area contributed by atoms with Crippen LogP contribution < -0.4 is 5.73 Å². The molecule has 72 valence electrons. The van der Waals surface area contributed by atoms with E-state index in [9.17, 15) is 0 Å². The average Bonchev–Trinajstić information content (AvgIpc) is 2.34. The zero-order valence-corrected chi connectivity index (χ0v) is 9.34. The molecule has 0 spiro atoms. The van der Waals surface area contributed by atoms with Crippen molar-refractivity contribution >= 4 is 11.8 Å². The second kappa shape index (κ2) is 3.59. The zero-order chi connectivity index (χ0) is 9.24. The summed E-state index contributed by atoms with van der Waals surface area (Å²) in [6.45, 7) is 7.81. The van der Waals surface area contributed by atoms with Crippen LogP contribution in [0.25, 0.3) is 0 Å². The van der Waals surface area contributed by atoms with Crippen LogP contribution in [0.15, 0.2) is 0 Å². The normalized spacial score (nSPS) is 31.0. The lowest BCUT2D eigenvalue weighted by Crippen LogP contribution is -2.34. The number of hydrogen-bond donors (Lipinski definition) is 1. The standard InChI is InChI=1S/C10H21NS/c1-9(2,3)6-10(7-11)4-5-12-8-10/h4-8,11H2,1-3H3. The Morgan fingerprint density at radius 3 is 2.42 bits per heavy atom. The quantitative estimate of drug-likeness (QED) is 0.719. The maximum atomic E-state index is 5.86. The molecular formula is C10H21NS. The van der Waals surface area contributed by atoms with Crippen LogP contribution in [0.1, 0.15) is 33.6 Å². The van der Waals surface area contributed by atoms with Crippen LogP contribution in [0.5, 0.6) is 0 Å². The van der Waals surface area contributed by atoms with Gasteiger partial charge in [-0.05, 0) is 36.0 Å². The van der Waals surface area contributed by atoms with Gasteiger partial charge in [0.15, 0.2) is 0 Å². The van der Waals surface area contributed by atoms with Crippen molar-refractivity contribution in [3.05, 3.63) is 0 Å². The molecule has 1 aliphatic rings. The van der Waals surface area contributed by atoms with E-state index in [2.05, 4.69) is 32.5 Å². The van der Waals surface area contributed by atoms with Gasteiger partial charge in [0.2, 0.25) is 0 Å². The summed E-state index contributed by atoms with van der Waals surface area (Å²) in [7, 11) is 0. The molecule has 1 atom stereocenters. The molecule has 1 fully saturated rings. The first kappa shape index (κ1) is 10.4. The number of nitrogens with two attached hydrogens (primary N) is 1. The van der Waals surface area contributed by atoms with Crippen molar-refractivity contribution in [2.24, 2.45) is 16.6 Å². The molecular weight excluding hydrogens is 166 g/mol. The molecule has 0 bridgehead atoms. The second-order valence-corrected chi connectivity index (χ2v) is 6.35. The second-order valence-electron chi connectivity index (χ2n) is 5.24. The van der Waals surface area contributed by atoms with Gasteiger partial charge in [0, 0.05) is 5.75 Å². The summed E-state index contributed by atoms with van der Waals surface area (Å²) in [5, 5.41) is 0. The lowest BCUT2D eigenvalue weighted by atomic mass is 9.73. The van der Waals surface area contributed by atoms with Gasteiger partial charge in [0.05, 0.1) is 0 Å².